The maximum atomic E-state index is 11.5. The maximum absolute atomic E-state index is 11.5. The predicted octanol–water partition coefficient (Wildman–Crippen LogP) is 3.50. The van der Waals surface area contributed by atoms with Crippen LogP contribution in [0.15, 0.2) is 24.3 Å². The fourth-order valence-electron chi connectivity index (χ4n) is 3.55. The van der Waals surface area contributed by atoms with E-state index in [0.717, 1.165) is 30.8 Å². The van der Waals surface area contributed by atoms with Gasteiger partial charge in [0.2, 0.25) is 17.6 Å². The SMILES string of the molecule is Cc1cccc(Nc2nc(N3CC(C)CC(C)C3)nc(N)c2[N+](=O)[O-])c1. The minimum Gasteiger partial charge on any atom is -0.378 e. The molecule has 2 atom stereocenters. The van der Waals surface area contributed by atoms with E-state index in [4.69, 9.17) is 5.73 Å². The Labute approximate surface area is 152 Å². The molecule has 2 heterocycles. The van der Waals surface area contributed by atoms with Crippen molar-refractivity contribution in [3.63, 3.8) is 0 Å². The van der Waals surface area contributed by atoms with Crippen LogP contribution in [0, 0.1) is 28.9 Å². The Balaban J connectivity index is 2.00. The molecule has 3 N–H and O–H groups in total. The van der Waals surface area contributed by atoms with Crippen molar-refractivity contribution in [1.29, 1.82) is 0 Å². The van der Waals surface area contributed by atoms with Crippen LogP contribution in [-0.2, 0) is 0 Å². The molecule has 26 heavy (non-hydrogen) atoms. The van der Waals surface area contributed by atoms with Gasteiger partial charge in [-0.2, -0.15) is 9.97 Å². The molecule has 0 saturated carbocycles. The highest BCUT2D eigenvalue weighted by molar-refractivity contribution is 5.74. The second-order valence-corrected chi connectivity index (χ2v) is 7.21. The Morgan fingerprint density at radius 1 is 1.27 bits per heavy atom. The van der Waals surface area contributed by atoms with Crippen LogP contribution in [-0.4, -0.2) is 28.0 Å². The summed E-state index contributed by atoms with van der Waals surface area (Å²) in [4.78, 5) is 21.7. The van der Waals surface area contributed by atoms with E-state index in [0.29, 0.717) is 17.8 Å². The molecule has 0 spiro atoms. The van der Waals surface area contributed by atoms with Crippen molar-refractivity contribution < 1.29 is 4.92 Å². The Kier molecular flexibility index (Phi) is 4.92. The van der Waals surface area contributed by atoms with Gasteiger partial charge in [-0.25, -0.2) is 0 Å². The van der Waals surface area contributed by atoms with Crippen molar-refractivity contribution in [3.05, 3.63) is 39.9 Å². The number of piperidine rings is 1. The summed E-state index contributed by atoms with van der Waals surface area (Å²) in [6, 6.07) is 7.56. The first-order valence-corrected chi connectivity index (χ1v) is 8.74. The summed E-state index contributed by atoms with van der Waals surface area (Å²) < 4.78 is 0. The van der Waals surface area contributed by atoms with Crippen molar-refractivity contribution in [1.82, 2.24) is 9.97 Å². The molecule has 1 fully saturated rings. The number of nitrogen functional groups attached to an aromatic ring is 1. The molecule has 2 unspecified atom stereocenters. The number of aryl methyl sites for hydroxylation is 1. The minimum absolute atomic E-state index is 0.119. The lowest BCUT2D eigenvalue weighted by Gasteiger charge is -2.35. The summed E-state index contributed by atoms with van der Waals surface area (Å²) in [5, 5.41) is 14.5. The Morgan fingerprint density at radius 2 is 1.96 bits per heavy atom. The lowest BCUT2D eigenvalue weighted by atomic mass is 9.92. The number of nitrogens with one attached hydrogen (secondary N) is 1. The van der Waals surface area contributed by atoms with E-state index in [1.165, 1.54) is 0 Å². The number of aromatic nitrogens is 2. The van der Waals surface area contributed by atoms with Crippen molar-refractivity contribution >= 4 is 29.0 Å². The van der Waals surface area contributed by atoms with Gasteiger partial charge in [0.25, 0.3) is 0 Å². The maximum Gasteiger partial charge on any atom is 0.353 e. The van der Waals surface area contributed by atoms with Crippen LogP contribution in [0.5, 0.6) is 0 Å². The number of rotatable bonds is 4. The fourth-order valence-corrected chi connectivity index (χ4v) is 3.55. The van der Waals surface area contributed by atoms with Gasteiger partial charge in [-0.15, -0.1) is 0 Å². The molecule has 0 amide bonds. The van der Waals surface area contributed by atoms with Gasteiger partial charge in [0.15, 0.2) is 0 Å². The molecule has 1 aliphatic heterocycles. The first kappa shape index (κ1) is 17.9. The van der Waals surface area contributed by atoms with E-state index in [1.54, 1.807) is 0 Å². The predicted molar refractivity (Wildman–Crippen MR) is 103 cm³/mol. The van der Waals surface area contributed by atoms with E-state index < -0.39 is 4.92 Å². The van der Waals surface area contributed by atoms with Gasteiger partial charge in [0.1, 0.15) is 0 Å². The third kappa shape index (κ3) is 3.84. The van der Waals surface area contributed by atoms with Crippen LogP contribution in [0.2, 0.25) is 0 Å². The Bertz CT molecular complexity index is 815. The van der Waals surface area contributed by atoms with Crippen LogP contribution in [0.25, 0.3) is 0 Å². The molecule has 0 aliphatic carbocycles. The average molecular weight is 356 g/mol. The van der Waals surface area contributed by atoms with Crippen LogP contribution in [0.1, 0.15) is 25.8 Å². The number of nitrogens with two attached hydrogens (primary N) is 1. The molecule has 8 nitrogen and oxygen atoms in total. The van der Waals surface area contributed by atoms with Crippen LogP contribution < -0.4 is 16.0 Å². The minimum atomic E-state index is -0.543. The second kappa shape index (κ2) is 7.15. The van der Waals surface area contributed by atoms with E-state index in [9.17, 15) is 10.1 Å². The first-order chi connectivity index (χ1) is 12.3. The molecule has 1 aromatic carbocycles. The lowest BCUT2D eigenvalue weighted by Crippen LogP contribution is -2.39. The van der Waals surface area contributed by atoms with Gasteiger partial charge in [-0.3, -0.25) is 10.1 Å². The molecule has 0 bridgehead atoms. The zero-order valence-electron chi connectivity index (χ0n) is 15.3. The van der Waals surface area contributed by atoms with Gasteiger partial charge in [-0.1, -0.05) is 26.0 Å². The van der Waals surface area contributed by atoms with Crippen molar-refractivity contribution in [2.75, 3.05) is 29.0 Å². The number of anilines is 4. The van der Waals surface area contributed by atoms with Gasteiger partial charge in [0, 0.05) is 18.8 Å². The molecular formula is C18H24N6O2. The van der Waals surface area contributed by atoms with Gasteiger partial charge < -0.3 is 16.0 Å². The highest BCUT2D eigenvalue weighted by Gasteiger charge is 2.28. The van der Waals surface area contributed by atoms with E-state index in [1.807, 2.05) is 31.2 Å². The van der Waals surface area contributed by atoms with Crippen LogP contribution in [0.4, 0.5) is 29.0 Å². The van der Waals surface area contributed by atoms with Crippen molar-refractivity contribution in [3.8, 4) is 0 Å². The quantitative estimate of drug-likeness (QED) is 0.637. The molecule has 8 heteroatoms. The third-order valence-corrected chi connectivity index (χ3v) is 4.51. The molecule has 3 rings (SSSR count). The van der Waals surface area contributed by atoms with Gasteiger partial charge in [0.05, 0.1) is 4.92 Å². The Hall–Kier alpha value is -2.90. The highest BCUT2D eigenvalue weighted by atomic mass is 16.6. The third-order valence-electron chi connectivity index (χ3n) is 4.51. The van der Waals surface area contributed by atoms with Gasteiger partial charge in [-0.05, 0) is 42.9 Å². The summed E-state index contributed by atoms with van der Waals surface area (Å²) in [6.07, 6.45) is 1.15. The largest absolute Gasteiger partial charge is 0.378 e. The zero-order chi connectivity index (χ0) is 18.8. The van der Waals surface area contributed by atoms with Crippen molar-refractivity contribution in [2.24, 2.45) is 11.8 Å². The van der Waals surface area contributed by atoms with Crippen molar-refractivity contribution in [2.45, 2.75) is 27.2 Å². The number of benzene rings is 1. The van der Waals surface area contributed by atoms with E-state index in [2.05, 4.69) is 34.0 Å². The van der Waals surface area contributed by atoms with Crippen LogP contribution >= 0.6 is 0 Å². The topological polar surface area (TPSA) is 110 Å². The lowest BCUT2D eigenvalue weighted by molar-refractivity contribution is -0.383. The van der Waals surface area contributed by atoms with E-state index >= 15 is 0 Å². The molecular weight excluding hydrogens is 332 g/mol. The monoisotopic (exact) mass is 356 g/mol. The summed E-state index contributed by atoms with van der Waals surface area (Å²) >= 11 is 0. The number of hydrogen-bond donors (Lipinski definition) is 2. The zero-order valence-corrected chi connectivity index (χ0v) is 15.3. The summed E-state index contributed by atoms with van der Waals surface area (Å²) in [6.45, 7) is 7.94. The fraction of sp³-hybridized carbons (Fsp3) is 0.444. The summed E-state index contributed by atoms with van der Waals surface area (Å²) in [5.74, 6) is 1.44. The number of nitro groups is 1. The molecule has 1 aromatic heterocycles. The molecule has 1 aliphatic rings. The highest BCUT2D eigenvalue weighted by Crippen LogP contribution is 2.34. The molecule has 2 aromatic rings. The first-order valence-electron chi connectivity index (χ1n) is 8.74. The molecule has 138 valence electrons. The summed E-state index contributed by atoms with van der Waals surface area (Å²) in [5.41, 5.74) is 7.39. The molecule has 0 radical (unpaired) electrons. The van der Waals surface area contributed by atoms with Gasteiger partial charge >= 0.3 is 5.69 Å². The second-order valence-electron chi connectivity index (χ2n) is 7.21. The molecule has 1 saturated heterocycles. The van der Waals surface area contributed by atoms with E-state index in [-0.39, 0.29) is 17.3 Å². The summed E-state index contributed by atoms with van der Waals surface area (Å²) in [7, 11) is 0. The Morgan fingerprint density at radius 3 is 2.58 bits per heavy atom. The smallest absolute Gasteiger partial charge is 0.353 e. The number of hydrogen-bond acceptors (Lipinski definition) is 7. The standard InChI is InChI=1S/C18H24N6O2/c1-11-5-4-6-14(8-11)20-17-15(24(25)26)16(19)21-18(22-17)23-9-12(2)7-13(3)10-23/h4-6,8,12-13H,7,9-10H2,1-3H3,(H3,19,20,21,22). The average Bonchev–Trinajstić information content (AvgIpc) is 2.53. The normalized spacial score (nSPS) is 20.0. The van der Waals surface area contributed by atoms with Crippen LogP contribution in [0.3, 0.4) is 0 Å². The number of nitrogens with zero attached hydrogens (tertiary/aromatic N) is 4.